The molecule has 1 unspecified atom stereocenters. The molecule has 0 aromatic heterocycles. The summed E-state index contributed by atoms with van der Waals surface area (Å²) < 4.78 is 11.0. The highest BCUT2D eigenvalue weighted by molar-refractivity contribution is 5.76. The van der Waals surface area contributed by atoms with E-state index in [1.165, 1.54) is 12.8 Å². The summed E-state index contributed by atoms with van der Waals surface area (Å²) >= 11 is 0. The van der Waals surface area contributed by atoms with Crippen molar-refractivity contribution in [2.75, 3.05) is 6.61 Å². The molecule has 110 valence electrons. The number of esters is 1. The molecule has 0 bridgehead atoms. The summed E-state index contributed by atoms with van der Waals surface area (Å²) in [6, 6.07) is 7.16. The average Bonchev–Trinajstić information content (AvgIpc) is 2.94. The standard InChI is InChI=1S/C16H23NO3/c1-2-19-16(18)14(17)11-12-7-3-6-10-15(12)20-13-8-4-5-9-13/h3,6-7,10,13-14H,2,4-5,8-9,11,17H2,1H3. The van der Waals surface area contributed by atoms with Crippen LogP contribution in [0.5, 0.6) is 5.75 Å². The highest BCUT2D eigenvalue weighted by Crippen LogP contribution is 2.27. The zero-order valence-electron chi connectivity index (χ0n) is 12.0. The van der Waals surface area contributed by atoms with E-state index in [2.05, 4.69) is 0 Å². The third kappa shape index (κ3) is 3.97. The SMILES string of the molecule is CCOC(=O)C(N)Cc1ccccc1OC1CCCC1. The van der Waals surface area contributed by atoms with Gasteiger partial charge in [0, 0.05) is 6.42 Å². The third-order valence-electron chi connectivity index (χ3n) is 3.60. The lowest BCUT2D eigenvalue weighted by molar-refractivity contribution is -0.144. The molecule has 0 radical (unpaired) electrons. The van der Waals surface area contributed by atoms with E-state index < -0.39 is 6.04 Å². The average molecular weight is 277 g/mol. The Morgan fingerprint density at radius 1 is 1.35 bits per heavy atom. The van der Waals surface area contributed by atoms with Crippen LogP contribution in [0.1, 0.15) is 38.2 Å². The Bertz CT molecular complexity index is 441. The lowest BCUT2D eigenvalue weighted by atomic mass is 10.1. The number of benzene rings is 1. The summed E-state index contributed by atoms with van der Waals surface area (Å²) in [5.41, 5.74) is 6.85. The largest absolute Gasteiger partial charge is 0.490 e. The van der Waals surface area contributed by atoms with Gasteiger partial charge >= 0.3 is 5.97 Å². The third-order valence-corrected chi connectivity index (χ3v) is 3.60. The molecule has 0 heterocycles. The molecular formula is C16H23NO3. The van der Waals surface area contributed by atoms with Gasteiger partial charge in [0.2, 0.25) is 0 Å². The van der Waals surface area contributed by atoms with Crippen molar-refractivity contribution in [2.45, 2.75) is 51.2 Å². The molecule has 4 heteroatoms. The van der Waals surface area contributed by atoms with Gasteiger partial charge in [-0.3, -0.25) is 4.79 Å². The maximum Gasteiger partial charge on any atom is 0.323 e. The van der Waals surface area contributed by atoms with Crippen LogP contribution in [0.15, 0.2) is 24.3 Å². The number of carbonyl (C=O) groups is 1. The van der Waals surface area contributed by atoms with Crippen LogP contribution in [0.3, 0.4) is 0 Å². The van der Waals surface area contributed by atoms with E-state index in [4.69, 9.17) is 15.2 Å². The van der Waals surface area contributed by atoms with Gasteiger partial charge in [0.15, 0.2) is 0 Å². The zero-order chi connectivity index (χ0) is 14.4. The summed E-state index contributed by atoms with van der Waals surface area (Å²) in [5, 5.41) is 0. The van der Waals surface area contributed by atoms with Gasteiger partial charge in [-0.05, 0) is 44.2 Å². The summed E-state index contributed by atoms with van der Waals surface area (Å²) in [5.74, 6) is 0.488. The maximum atomic E-state index is 11.6. The number of carbonyl (C=O) groups excluding carboxylic acids is 1. The highest BCUT2D eigenvalue weighted by Gasteiger charge is 2.20. The summed E-state index contributed by atoms with van der Waals surface area (Å²) in [6.45, 7) is 2.13. The number of nitrogens with two attached hydrogens (primary N) is 1. The van der Waals surface area contributed by atoms with Gasteiger partial charge in [0.1, 0.15) is 11.8 Å². The van der Waals surface area contributed by atoms with Crippen molar-refractivity contribution in [3.63, 3.8) is 0 Å². The van der Waals surface area contributed by atoms with Crippen molar-refractivity contribution in [2.24, 2.45) is 5.73 Å². The normalized spacial score (nSPS) is 16.9. The fraction of sp³-hybridized carbons (Fsp3) is 0.562. The Labute approximate surface area is 120 Å². The van der Waals surface area contributed by atoms with E-state index in [-0.39, 0.29) is 5.97 Å². The van der Waals surface area contributed by atoms with Crippen LogP contribution in [0, 0.1) is 0 Å². The van der Waals surface area contributed by atoms with E-state index in [0.717, 1.165) is 24.2 Å². The van der Waals surface area contributed by atoms with Gasteiger partial charge < -0.3 is 15.2 Å². The number of para-hydroxylation sites is 1. The van der Waals surface area contributed by atoms with Crippen molar-refractivity contribution in [1.82, 2.24) is 0 Å². The predicted octanol–water partition coefficient (Wildman–Crippen LogP) is 2.44. The van der Waals surface area contributed by atoms with Gasteiger partial charge in [-0.2, -0.15) is 0 Å². The predicted molar refractivity (Wildman–Crippen MR) is 77.6 cm³/mol. The number of rotatable bonds is 6. The summed E-state index contributed by atoms with van der Waals surface area (Å²) in [7, 11) is 0. The molecule has 1 aliphatic carbocycles. The van der Waals surface area contributed by atoms with Crippen LogP contribution < -0.4 is 10.5 Å². The molecular weight excluding hydrogens is 254 g/mol. The first-order valence-electron chi connectivity index (χ1n) is 7.37. The molecule has 1 atom stereocenters. The number of hydrogen-bond donors (Lipinski definition) is 1. The molecule has 1 saturated carbocycles. The van der Waals surface area contributed by atoms with Crippen molar-refractivity contribution >= 4 is 5.97 Å². The van der Waals surface area contributed by atoms with Crippen LogP contribution in [0.4, 0.5) is 0 Å². The summed E-state index contributed by atoms with van der Waals surface area (Å²) in [4.78, 5) is 11.6. The molecule has 2 N–H and O–H groups in total. The van der Waals surface area contributed by atoms with Crippen molar-refractivity contribution in [3.8, 4) is 5.75 Å². The minimum absolute atomic E-state index is 0.301. The molecule has 4 nitrogen and oxygen atoms in total. The number of ether oxygens (including phenoxy) is 2. The van der Waals surface area contributed by atoms with E-state index in [9.17, 15) is 4.79 Å². The molecule has 0 aliphatic heterocycles. The minimum atomic E-state index is -0.636. The Kier molecular flexibility index (Phi) is 5.41. The molecule has 0 amide bonds. The minimum Gasteiger partial charge on any atom is -0.490 e. The van der Waals surface area contributed by atoms with Crippen molar-refractivity contribution in [3.05, 3.63) is 29.8 Å². The quantitative estimate of drug-likeness (QED) is 0.811. The molecule has 2 rings (SSSR count). The molecule has 0 saturated heterocycles. The fourth-order valence-electron chi connectivity index (χ4n) is 2.54. The Hall–Kier alpha value is -1.55. The van der Waals surface area contributed by atoms with Gasteiger partial charge in [-0.15, -0.1) is 0 Å². The first-order valence-corrected chi connectivity index (χ1v) is 7.37. The van der Waals surface area contributed by atoms with Crippen molar-refractivity contribution < 1.29 is 14.3 Å². The Balaban J connectivity index is 2.01. The lowest BCUT2D eigenvalue weighted by Crippen LogP contribution is -2.34. The summed E-state index contributed by atoms with van der Waals surface area (Å²) in [6.07, 6.45) is 5.43. The van der Waals surface area contributed by atoms with E-state index in [0.29, 0.717) is 19.1 Å². The van der Waals surface area contributed by atoms with Crippen LogP contribution in [0.25, 0.3) is 0 Å². The zero-order valence-corrected chi connectivity index (χ0v) is 12.0. The Morgan fingerprint density at radius 3 is 2.75 bits per heavy atom. The highest BCUT2D eigenvalue weighted by atomic mass is 16.5. The second kappa shape index (κ2) is 7.29. The molecule has 20 heavy (non-hydrogen) atoms. The van der Waals surface area contributed by atoms with Gasteiger partial charge in [0.25, 0.3) is 0 Å². The second-order valence-corrected chi connectivity index (χ2v) is 5.19. The van der Waals surface area contributed by atoms with Gasteiger partial charge in [-0.1, -0.05) is 18.2 Å². The maximum absolute atomic E-state index is 11.6. The van der Waals surface area contributed by atoms with Crippen LogP contribution in [0.2, 0.25) is 0 Å². The Morgan fingerprint density at radius 2 is 2.05 bits per heavy atom. The second-order valence-electron chi connectivity index (χ2n) is 5.19. The first kappa shape index (κ1) is 14.9. The van der Waals surface area contributed by atoms with Crippen molar-refractivity contribution in [1.29, 1.82) is 0 Å². The smallest absolute Gasteiger partial charge is 0.323 e. The van der Waals surface area contributed by atoms with Gasteiger partial charge in [-0.25, -0.2) is 0 Å². The number of hydrogen-bond acceptors (Lipinski definition) is 4. The van der Waals surface area contributed by atoms with Crippen LogP contribution in [-0.2, 0) is 16.0 Å². The van der Waals surface area contributed by atoms with Gasteiger partial charge in [0.05, 0.1) is 12.7 Å². The monoisotopic (exact) mass is 277 g/mol. The topological polar surface area (TPSA) is 61.5 Å². The molecule has 1 aromatic rings. The molecule has 0 spiro atoms. The van der Waals surface area contributed by atoms with E-state index >= 15 is 0 Å². The lowest BCUT2D eigenvalue weighted by Gasteiger charge is -2.18. The van der Waals surface area contributed by atoms with E-state index in [1.807, 2.05) is 24.3 Å². The first-order chi connectivity index (χ1) is 9.70. The van der Waals surface area contributed by atoms with Crippen LogP contribution >= 0.6 is 0 Å². The fourth-order valence-corrected chi connectivity index (χ4v) is 2.54. The molecule has 1 fully saturated rings. The molecule has 1 aromatic carbocycles. The van der Waals surface area contributed by atoms with Crippen LogP contribution in [-0.4, -0.2) is 24.7 Å². The van der Waals surface area contributed by atoms with E-state index in [1.54, 1.807) is 6.92 Å². The molecule has 1 aliphatic rings.